The van der Waals surface area contributed by atoms with E-state index < -0.39 is 5.41 Å². The lowest BCUT2D eigenvalue weighted by atomic mass is 9.92. The molecule has 0 radical (unpaired) electrons. The molecule has 8 nitrogen and oxygen atoms in total. The molecular weight excluding hydrogens is 476 g/mol. The Labute approximate surface area is 228 Å². The lowest BCUT2D eigenvalue weighted by Crippen LogP contribution is -2.42. The van der Waals surface area contributed by atoms with Crippen molar-refractivity contribution in [3.63, 3.8) is 0 Å². The molecule has 37 heavy (non-hydrogen) atoms. The van der Waals surface area contributed by atoms with Crippen molar-refractivity contribution in [2.75, 3.05) is 79.3 Å². The monoisotopic (exact) mass is 536 g/mol. The van der Waals surface area contributed by atoms with Crippen LogP contribution in [-0.4, -0.2) is 104 Å². The minimum atomic E-state index is -0.393. The average Bonchev–Trinajstić information content (AvgIpc) is 2.82. The van der Waals surface area contributed by atoms with E-state index in [0.717, 1.165) is 25.7 Å². The Hall–Kier alpha value is -0.320. The van der Waals surface area contributed by atoms with Crippen molar-refractivity contribution in [3.8, 4) is 0 Å². The maximum Gasteiger partial charge on any atom is 0.0637 e. The Bertz CT molecular complexity index is 385. The van der Waals surface area contributed by atoms with Gasteiger partial charge in [0.25, 0.3) is 0 Å². The third kappa shape index (κ3) is 25.7. The molecule has 0 aromatic rings. The fraction of sp³-hybridized carbons (Fsp3) is 1.00. The standard InChI is InChI=1S/C29H60O8/c1-25(2)34-17-9-13-30-21-29(22-31-14-10-18-35-26(3)4,23-32-15-11-19-36-27(5)6)24-33-16-12-20-37-28(7)8/h25-28H,9-24H2,1-8H3. The van der Waals surface area contributed by atoms with Crippen LogP contribution in [0.4, 0.5) is 0 Å². The van der Waals surface area contributed by atoms with Crippen molar-refractivity contribution in [2.45, 2.75) is 105 Å². The van der Waals surface area contributed by atoms with E-state index in [9.17, 15) is 0 Å². The van der Waals surface area contributed by atoms with Gasteiger partial charge in [0, 0.05) is 52.9 Å². The van der Waals surface area contributed by atoms with Gasteiger partial charge in [-0.2, -0.15) is 0 Å². The van der Waals surface area contributed by atoms with Gasteiger partial charge >= 0.3 is 0 Å². The minimum absolute atomic E-state index is 0.230. The van der Waals surface area contributed by atoms with E-state index in [2.05, 4.69) is 0 Å². The summed E-state index contributed by atoms with van der Waals surface area (Å²) >= 11 is 0. The smallest absolute Gasteiger partial charge is 0.0637 e. The molecule has 224 valence electrons. The minimum Gasteiger partial charge on any atom is -0.381 e. The van der Waals surface area contributed by atoms with Crippen LogP contribution in [0, 0.1) is 5.41 Å². The first kappa shape index (κ1) is 36.7. The van der Waals surface area contributed by atoms with Crippen molar-refractivity contribution >= 4 is 0 Å². The molecule has 0 aliphatic carbocycles. The molecular formula is C29H60O8. The lowest BCUT2D eigenvalue weighted by Gasteiger charge is -2.33. The Morgan fingerprint density at radius 3 is 0.757 bits per heavy atom. The first-order chi connectivity index (χ1) is 17.7. The Kier molecular flexibility index (Phi) is 24.5. The second kappa shape index (κ2) is 24.7. The predicted octanol–water partition coefficient (Wildman–Crippen LogP) is 5.30. The van der Waals surface area contributed by atoms with E-state index >= 15 is 0 Å². The summed E-state index contributed by atoms with van der Waals surface area (Å²) in [5.74, 6) is 0. The zero-order valence-corrected chi connectivity index (χ0v) is 25.4. The second-order valence-electron chi connectivity index (χ2n) is 10.8. The number of ether oxygens (including phenoxy) is 8. The van der Waals surface area contributed by atoms with E-state index in [1.165, 1.54) is 0 Å². The van der Waals surface area contributed by atoms with Crippen LogP contribution in [-0.2, 0) is 37.9 Å². The Balaban J connectivity index is 4.89. The molecule has 0 bridgehead atoms. The molecule has 0 N–H and O–H groups in total. The summed E-state index contributed by atoms with van der Waals surface area (Å²) in [5, 5.41) is 0. The molecule has 0 saturated heterocycles. The van der Waals surface area contributed by atoms with Crippen LogP contribution in [0.1, 0.15) is 81.1 Å². The van der Waals surface area contributed by atoms with Gasteiger partial charge in [-0.25, -0.2) is 0 Å². The van der Waals surface area contributed by atoms with E-state index in [0.29, 0.717) is 79.3 Å². The summed E-state index contributed by atoms with van der Waals surface area (Å²) in [7, 11) is 0. The van der Waals surface area contributed by atoms with Crippen LogP contribution in [0.5, 0.6) is 0 Å². The van der Waals surface area contributed by atoms with E-state index in [1.54, 1.807) is 0 Å². The largest absolute Gasteiger partial charge is 0.381 e. The predicted molar refractivity (Wildman–Crippen MR) is 149 cm³/mol. The quantitative estimate of drug-likeness (QED) is 0.125. The zero-order chi connectivity index (χ0) is 27.8. The van der Waals surface area contributed by atoms with Crippen LogP contribution in [0.25, 0.3) is 0 Å². The maximum atomic E-state index is 6.12. The first-order valence-electron chi connectivity index (χ1n) is 14.4. The van der Waals surface area contributed by atoms with Crippen molar-refractivity contribution in [2.24, 2.45) is 5.41 Å². The Morgan fingerprint density at radius 1 is 0.351 bits per heavy atom. The summed E-state index contributed by atoms with van der Waals surface area (Å²) in [6, 6.07) is 0. The van der Waals surface area contributed by atoms with Gasteiger partial charge in [-0.1, -0.05) is 0 Å². The SMILES string of the molecule is CC(C)OCCCOCC(COCCCOC(C)C)(COCCCOC(C)C)COCCCOC(C)C. The normalized spacial score (nSPS) is 12.6. The van der Waals surface area contributed by atoms with Gasteiger partial charge in [-0.3, -0.25) is 0 Å². The van der Waals surface area contributed by atoms with Gasteiger partial charge < -0.3 is 37.9 Å². The molecule has 0 aliphatic heterocycles. The maximum absolute atomic E-state index is 6.12. The van der Waals surface area contributed by atoms with E-state index in [1.807, 2.05) is 55.4 Å². The molecule has 0 amide bonds. The van der Waals surface area contributed by atoms with Crippen molar-refractivity contribution < 1.29 is 37.9 Å². The van der Waals surface area contributed by atoms with Crippen molar-refractivity contribution in [3.05, 3.63) is 0 Å². The fourth-order valence-electron chi connectivity index (χ4n) is 3.32. The molecule has 0 aromatic heterocycles. The van der Waals surface area contributed by atoms with Gasteiger partial charge in [0.05, 0.1) is 56.3 Å². The molecule has 0 saturated carbocycles. The molecule has 0 aromatic carbocycles. The summed E-state index contributed by atoms with van der Waals surface area (Å²) < 4.78 is 47.0. The molecule has 0 fully saturated rings. The molecule has 0 rings (SSSR count). The van der Waals surface area contributed by atoms with Crippen LogP contribution in [0.15, 0.2) is 0 Å². The highest BCUT2D eigenvalue weighted by Crippen LogP contribution is 2.21. The molecule has 0 unspecified atom stereocenters. The molecule has 0 spiro atoms. The number of hydrogen-bond donors (Lipinski definition) is 0. The molecule has 8 heteroatoms. The molecule has 0 aliphatic rings. The number of hydrogen-bond acceptors (Lipinski definition) is 8. The second-order valence-corrected chi connectivity index (χ2v) is 10.8. The van der Waals surface area contributed by atoms with Gasteiger partial charge in [0.2, 0.25) is 0 Å². The van der Waals surface area contributed by atoms with Crippen LogP contribution in [0.3, 0.4) is 0 Å². The summed E-state index contributed by atoms with van der Waals surface area (Å²) in [5.41, 5.74) is -0.393. The van der Waals surface area contributed by atoms with Crippen LogP contribution in [0.2, 0.25) is 0 Å². The average molecular weight is 537 g/mol. The topological polar surface area (TPSA) is 73.8 Å². The van der Waals surface area contributed by atoms with Gasteiger partial charge in [0.15, 0.2) is 0 Å². The third-order valence-corrected chi connectivity index (χ3v) is 5.17. The zero-order valence-electron chi connectivity index (χ0n) is 25.4. The fourth-order valence-corrected chi connectivity index (χ4v) is 3.32. The van der Waals surface area contributed by atoms with Crippen LogP contribution >= 0.6 is 0 Å². The Morgan fingerprint density at radius 2 is 0.568 bits per heavy atom. The summed E-state index contributed by atoms with van der Waals surface area (Å²) in [4.78, 5) is 0. The first-order valence-corrected chi connectivity index (χ1v) is 14.4. The van der Waals surface area contributed by atoms with E-state index in [-0.39, 0.29) is 24.4 Å². The summed E-state index contributed by atoms with van der Waals surface area (Å²) in [6.45, 7) is 23.6. The van der Waals surface area contributed by atoms with E-state index in [4.69, 9.17) is 37.9 Å². The molecule has 0 heterocycles. The van der Waals surface area contributed by atoms with Crippen molar-refractivity contribution in [1.82, 2.24) is 0 Å². The van der Waals surface area contributed by atoms with Gasteiger partial charge in [-0.05, 0) is 81.1 Å². The van der Waals surface area contributed by atoms with Crippen molar-refractivity contribution in [1.29, 1.82) is 0 Å². The highest BCUT2D eigenvalue weighted by Gasteiger charge is 2.32. The van der Waals surface area contributed by atoms with Gasteiger partial charge in [0.1, 0.15) is 0 Å². The van der Waals surface area contributed by atoms with Gasteiger partial charge in [-0.15, -0.1) is 0 Å². The highest BCUT2D eigenvalue weighted by molar-refractivity contribution is 4.79. The van der Waals surface area contributed by atoms with Crippen LogP contribution < -0.4 is 0 Å². The third-order valence-electron chi connectivity index (χ3n) is 5.17. The molecule has 0 atom stereocenters. The number of rotatable bonds is 28. The summed E-state index contributed by atoms with van der Waals surface area (Å²) in [6.07, 6.45) is 4.32. The highest BCUT2D eigenvalue weighted by atomic mass is 16.5. The lowest BCUT2D eigenvalue weighted by molar-refractivity contribution is -0.112.